The summed E-state index contributed by atoms with van der Waals surface area (Å²) in [6.45, 7) is 2.60. The van der Waals surface area contributed by atoms with Crippen molar-refractivity contribution in [1.29, 1.82) is 0 Å². The third-order valence-corrected chi connectivity index (χ3v) is 2.95. The van der Waals surface area contributed by atoms with Gasteiger partial charge in [0, 0.05) is 13.5 Å². The summed E-state index contributed by atoms with van der Waals surface area (Å²) in [7, 11) is 0. The van der Waals surface area contributed by atoms with Crippen molar-refractivity contribution in [2.45, 2.75) is 38.5 Å². The first kappa shape index (κ1) is 8.97. The SMILES string of the molecule is CC1(O)N=CNN1CC1CCCC1. The van der Waals surface area contributed by atoms with Gasteiger partial charge >= 0.3 is 0 Å². The Labute approximate surface area is 78.6 Å². The topological polar surface area (TPSA) is 47.9 Å². The van der Waals surface area contributed by atoms with E-state index < -0.39 is 5.85 Å². The van der Waals surface area contributed by atoms with Crippen LogP contribution in [0.5, 0.6) is 0 Å². The van der Waals surface area contributed by atoms with Gasteiger partial charge in [0.15, 0.2) is 0 Å². The van der Waals surface area contributed by atoms with Gasteiger partial charge in [0.1, 0.15) is 6.34 Å². The molecule has 0 spiro atoms. The first-order chi connectivity index (χ1) is 6.18. The van der Waals surface area contributed by atoms with Crippen LogP contribution in [0.25, 0.3) is 0 Å². The maximum absolute atomic E-state index is 9.78. The number of nitrogens with one attached hydrogen (secondary N) is 1. The maximum Gasteiger partial charge on any atom is 0.230 e. The van der Waals surface area contributed by atoms with Gasteiger partial charge < -0.3 is 10.5 Å². The Morgan fingerprint density at radius 1 is 1.62 bits per heavy atom. The fourth-order valence-corrected chi connectivity index (χ4v) is 2.09. The van der Waals surface area contributed by atoms with E-state index >= 15 is 0 Å². The number of nitrogens with zero attached hydrogens (tertiary/aromatic N) is 2. The number of aliphatic hydroxyl groups is 1. The van der Waals surface area contributed by atoms with Gasteiger partial charge in [0.25, 0.3) is 0 Å². The Morgan fingerprint density at radius 2 is 2.31 bits per heavy atom. The lowest BCUT2D eigenvalue weighted by Gasteiger charge is -2.29. The third-order valence-electron chi connectivity index (χ3n) is 2.95. The summed E-state index contributed by atoms with van der Waals surface area (Å²) in [5.41, 5.74) is 2.97. The zero-order chi connectivity index (χ0) is 9.31. The van der Waals surface area contributed by atoms with Crippen molar-refractivity contribution < 1.29 is 5.11 Å². The van der Waals surface area contributed by atoms with Crippen LogP contribution in [-0.4, -0.2) is 28.8 Å². The minimum Gasteiger partial charge on any atom is -0.356 e. The van der Waals surface area contributed by atoms with E-state index in [1.807, 2.05) is 5.01 Å². The molecule has 1 unspecified atom stereocenters. The lowest BCUT2D eigenvalue weighted by atomic mass is 10.1. The Hall–Kier alpha value is -0.610. The first-order valence-corrected chi connectivity index (χ1v) is 4.98. The summed E-state index contributed by atoms with van der Waals surface area (Å²) >= 11 is 0. The summed E-state index contributed by atoms with van der Waals surface area (Å²) in [4.78, 5) is 3.94. The van der Waals surface area contributed by atoms with Gasteiger partial charge in [-0.25, -0.2) is 4.99 Å². The van der Waals surface area contributed by atoms with Crippen LogP contribution in [0.2, 0.25) is 0 Å². The van der Waals surface area contributed by atoms with Crippen molar-refractivity contribution in [3.8, 4) is 0 Å². The highest BCUT2D eigenvalue weighted by Gasteiger charge is 2.33. The molecule has 74 valence electrons. The van der Waals surface area contributed by atoms with E-state index in [1.165, 1.54) is 25.7 Å². The largest absolute Gasteiger partial charge is 0.356 e. The Morgan fingerprint density at radius 3 is 2.85 bits per heavy atom. The highest BCUT2D eigenvalue weighted by Crippen LogP contribution is 2.27. The van der Waals surface area contributed by atoms with Crippen LogP contribution < -0.4 is 5.43 Å². The Bertz CT molecular complexity index is 209. The van der Waals surface area contributed by atoms with Crippen molar-refractivity contribution in [2.75, 3.05) is 6.54 Å². The average Bonchev–Trinajstić information content (AvgIpc) is 2.63. The molecule has 1 atom stereocenters. The van der Waals surface area contributed by atoms with Gasteiger partial charge in [-0.05, 0) is 18.8 Å². The van der Waals surface area contributed by atoms with Crippen LogP contribution in [0.3, 0.4) is 0 Å². The zero-order valence-electron chi connectivity index (χ0n) is 8.03. The number of aliphatic imine (C=N–C) groups is 1. The lowest BCUT2D eigenvalue weighted by Crippen LogP contribution is -2.48. The van der Waals surface area contributed by atoms with Crippen LogP contribution in [-0.2, 0) is 0 Å². The fraction of sp³-hybridized carbons (Fsp3) is 0.889. The predicted molar refractivity (Wildman–Crippen MR) is 50.9 cm³/mol. The van der Waals surface area contributed by atoms with Crippen molar-refractivity contribution in [3.05, 3.63) is 0 Å². The molecule has 2 N–H and O–H groups in total. The van der Waals surface area contributed by atoms with Crippen LogP contribution in [0.4, 0.5) is 0 Å². The smallest absolute Gasteiger partial charge is 0.230 e. The minimum absolute atomic E-state index is 0.723. The van der Waals surface area contributed by atoms with Crippen molar-refractivity contribution >= 4 is 6.34 Å². The van der Waals surface area contributed by atoms with Gasteiger partial charge in [-0.1, -0.05) is 12.8 Å². The summed E-state index contributed by atoms with van der Waals surface area (Å²) in [5, 5.41) is 11.6. The molecule has 0 amide bonds. The van der Waals surface area contributed by atoms with E-state index in [1.54, 1.807) is 13.3 Å². The lowest BCUT2D eigenvalue weighted by molar-refractivity contribution is -0.0943. The average molecular weight is 183 g/mol. The van der Waals surface area contributed by atoms with Crippen LogP contribution in [0.1, 0.15) is 32.6 Å². The van der Waals surface area contributed by atoms with Crippen LogP contribution >= 0.6 is 0 Å². The van der Waals surface area contributed by atoms with Crippen molar-refractivity contribution in [1.82, 2.24) is 10.4 Å². The van der Waals surface area contributed by atoms with Crippen molar-refractivity contribution in [3.63, 3.8) is 0 Å². The molecule has 2 rings (SSSR count). The second-order valence-corrected chi connectivity index (χ2v) is 4.12. The summed E-state index contributed by atoms with van der Waals surface area (Å²) in [5.74, 6) is -0.316. The molecular weight excluding hydrogens is 166 g/mol. The summed E-state index contributed by atoms with van der Waals surface area (Å²) < 4.78 is 0. The maximum atomic E-state index is 9.78. The molecule has 1 saturated carbocycles. The molecule has 0 aromatic heterocycles. The molecule has 4 heteroatoms. The molecule has 0 aromatic carbocycles. The van der Waals surface area contributed by atoms with E-state index in [4.69, 9.17) is 0 Å². The van der Waals surface area contributed by atoms with E-state index in [0.717, 1.165) is 12.5 Å². The van der Waals surface area contributed by atoms with Gasteiger partial charge in [-0.3, -0.25) is 0 Å². The number of hydrogen-bond donors (Lipinski definition) is 2. The van der Waals surface area contributed by atoms with Crippen LogP contribution in [0, 0.1) is 5.92 Å². The molecule has 1 aliphatic heterocycles. The number of hydrazine groups is 1. The highest BCUT2D eigenvalue weighted by molar-refractivity contribution is 5.56. The van der Waals surface area contributed by atoms with Crippen LogP contribution in [0.15, 0.2) is 4.99 Å². The molecule has 0 bridgehead atoms. The molecule has 1 heterocycles. The van der Waals surface area contributed by atoms with E-state index in [-0.39, 0.29) is 0 Å². The van der Waals surface area contributed by atoms with E-state index in [0.29, 0.717) is 0 Å². The molecular formula is C9H17N3O. The normalized spacial score (nSPS) is 35.5. The monoisotopic (exact) mass is 183 g/mol. The summed E-state index contributed by atoms with van der Waals surface area (Å²) in [6, 6.07) is 0. The molecule has 4 nitrogen and oxygen atoms in total. The molecule has 2 aliphatic rings. The summed E-state index contributed by atoms with van der Waals surface area (Å²) in [6.07, 6.45) is 6.81. The fourth-order valence-electron chi connectivity index (χ4n) is 2.09. The Kier molecular flexibility index (Phi) is 2.26. The van der Waals surface area contributed by atoms with E-state index in [2.05, 4.69) is 10.4 Å². The third kappa shape index (κ3) is 1.84. The number of hydrogen-bond acceptors (Lipinski definition) is 4. The minimum atomic E-state index is -1.04. The standard InChI is InChI=1S/C9H17N3O/c1-9(13)10-7-11-12(9)6-8-4-2-3-5-8/h7-8,13H,2-6H2,1H3,(H,10,11). The van der Waals surface area contributed by atoms with Gasteiger partial charge in [0.2, 0.25) is 5.85 Å². The van der Waals surface area contributed by atoms with E-state index in [9.17, 15) is 5.11 Å². The molecule has 1 aliphatic carbocycles. The molecule has 1 fully saturated rings. The van der Waals surface area contributed by atoms with Gasteiger partial charge in [-0.2, -0.15) is 5.01 Å². The predicted octanol–water partition coefficient (Wildman–Crippen LogP) is 0.691. The number of rotatable bonds is 2. The second-order valence-electron chi connectivity index (χ2n) is 4.12. The molecule has 0 saturated heterocycles. The Balaban J connectivity index is 1.88. The highest BCUT2D eigenvalue weighted by atomic mass is 16.3. The molecule has 13 heavy (non-hydrogen) atoms. The second kappa shape index (κ2) is 3.27. The van der Waals surface area contributed by atoms with Crippen molar-refractivity contribution in [2.24, 2.45) is 10.9 Å². The van der Waals surface area contributed by atoms with Gasteiger partial charge in [-0.15, -0.1) is 0 Å². The van der Waals surface area contributed by atoms with Gasteiger partial charge in [0.05, 0.1) is 0 Å². The molecule has 0 aromatic rings. The zero-order valence-corrected chi connectivity index (χ0v) is 8.03. The quantitative estimate of drug-likeness (QED) is 0.662. The molecule has 0 radical (unpaired) electrons. The first-order valence-electron chi connectivity index (χ1n) is 4.98.